The second kappa shape index (κ2) is 3.09. The fraction of sp³-hybridized carbons (Fsp3) is 1.00. The zero-order chi connectivity index (χ0) is 7.61. The van der Waals surface area contributed by atoms with Crippen LogP contribution in [0.2, 0.25) is 0 Å². The maximum absolute atomic E-state index is 9.20. The van der Waals surface area contributed by atoms with Crippen LogP contribution in [0.5, 0.6) is 0 Å². The fourth-order valence-corrected chi connectivity index (χ4v) is 3.11. The first-order valence-corrected chi connectivity index (χ1v) is 5.37. The Morgan fingerprint density at radius 1 is 1.40 bits per heavy atom. The van der Waals surface area contributed by atoms with Gasteiger partial charge in [-0.3, -0.25) is 9.11 Å². The standard InChI is InChI=1S/C6H14O3S/c7-4-6-2-1-3-10(8,9)5-6/h6-9H,1-5H2. The molecule has 3 nitrogen and oxygen atoms in total. The van der Waals surface area contributed by atoms with Crippen molar-refractivity contribution < 1.29 is 14.2 Å². The van der Waals surface area contributed by atoms with Crippen molar-refractivity contribution in [2.75, 3.05) is 18.1 Å². The average Bonchev–Trinajstić information content (AvgIpc) is 1.86. The lowest BCUT2D eigenvalue weighted by molar-refractivity contribution is 0.224. The molecule has 0 amide bonds. The van der Waals surface area contributed by atoms with Gasteiger partial charge in [-0.15, -0.1) is 0 Å². The Labute approximate surface area is 62.4 Å². The highest BCUT2D eigenvalue weighted by Crippen LogP contribution is 2.45. The largest absolute Gasteiger partial charge is 0.396 e. The summed E-state index contributed by atoms with van der Waals surface area (Å²) in [5.74, 6) is 1.06. The zero-order valence-electron chi connectivity index (χ0n) is 5.86. The number of rotatable bonds is 1. The van der Waals surface area contributed by atoms with Gasteiger partial charge in [0.25, 0.3) is 0 Å². The summed E-state index contributed by atoms with van der Waals surface area (Å²) in [5, 5.41) is 8.71. The summed E-state index contributed by atoms with van der Waals surface area (Å²) in [7, 11) is -2.30. The summed E-state index contributed by atoms with van der Waals surface area (Å²) < 4.78 is 18.4. The lowest BCUT2D eigenvalue weighted by Crippen LogP contribution is -2.24. The van der Waals surface area contributed by atoms with Gasteiger partial charge in [0.2, 0.25) is 0 Å². The molecule has 0 aliphatic carbocycles. The summed E-state index contributed by atoms with van der Waals surface area (Å²) in [6.45, 7) is 0.0931. The minimum absolute atomic E-state index is 0.0931. The van der Waals surface area contributed by atoms with Crippen LogP contribution in [0.4, 0.5) is 0 Å². The quantitative estimate of drug-likeness (QED) is 0.547. The van der Waals surface area contributed by atoms with Crippen LogP contribution in [0.1, 0.15) is 12.8 Å². The van der Waals surface area contributed by atoms with Crippen molar-refractivity contribution in [3.8, 4) is 0 Å². The summed E-state index contributed by atoms with van der Waals surface area (Å²) in [6, 6.07) is 0. The first kappa shape index (κ1) is 8.33. The van der Waals surface area contributed by atoms with E-state index >= 15 is 0 Å². The first-order valence-electron chi connectivity index (χ1n) is 3.48. The van der Waals surface area contributed by atoms with Gasteiger partial charge in [0.1, 0.15) is 0 Å². The van der Waals surface area contributed by atoms with Gasteiger partial charge in [-0.25, -0.2) is 0 Å². The number of aliphatic hydroxyl groups is 1. The highest BCUT2D eigenvalue weighted by atomic mass is 32.3. The molecule has 0 saturated carbocycles. The van der Waals surface area contributed by atoms with E-state index in [2.05, 4.69) is 0 Å². The maximum atomic E-state index is 9.20. The van der Waals surface area contributed by atoms with Crippen LogP contribution in [0.15, 0.2) is 0 Å². The molecule has 4 heteroatoms. The molecule has 10 heavy (non-hydrogen) atoms. The SMILES string of the molecule is OCC1CCCS(O)(O)C1. The third kappa shape index (κ3) is 2.12. The van der Waals surface area contributed by atoms with E-state index in [0.717, 1.165) is 12.8 Å². The zero-order valence-corrected chi connectivity index (χ0v) is 6.68. The molecule has 1 heterocycles. The molecule has 1 unspecified atom stereocenters. The molecule has 1 fully saturated rings. The van der Waals surface area contributed by atoms with Crippen LogP contribution in [0, 0.1) is 5.92 Å². The molecule has 0 aromatic carbocycles. The molecule has 0 radical (unpaired) electrons. The average molecular weight is 166 g/mol. The molecule has 0 spiro atoms. The summed E-state index contributed by atoms with van der Waals surface area (Å²) in [4.78, 5) is 0. The molecule has 1 saturated heterocycles. The minimum atomic E-state index is -2.30. The monoisotopic (exact) mass is 166 g/mol. The third-order valence-corrected chi connectivity index (χ3v) is 3.79. The second-order valence-corrected chi connectivity index (χ2v) is 5.21. The van der Waals surface area contributed by atoms with Gasteiger partial charge < -0.3 is 5.11 Å². The van der Waals surface area contributed by atoms with Crippen LogP contribution >= 0.6 is 10.6 Å². The van der Waals surface area contributed by atoms with Crippen molar-refractivity contribution in [3.63, 3.8) is 0 Å². The van der Waals surface area contributed by atoms with E-state index < -0.39 is 10.6 Å². The van der Waals surface area contributed by atoms with Gasteiger partial charge >= 0.3 is 0 Å². The van der Waals surface area contributed by atoms with Crippen LogP contribution in [0.3, 0.4) is 0 Å². The molecule has 1 atom stereocenters. The molecule has 1 aliphatic heterocycles. The predicted molar refractivity (Wildman–Crippen MR) is 42.4 cm³/mol. The summed E-state index contributed by atoms with van der Waals surface area (Å²) >= 11 is 0. The van der Waals surface area contributed by atoms with Crippen molar-refractivity contribution in [3.05, 3.63) is 0 Å². The van der Waals surface area contributed by atoms with E-state index in [4.69, 9.17) is 5.11 Å². The van der Waals surface area contributed by atoms with Crippen LogP contribution < -0.4 is 0 Å². The second-order valence-electron chi connectivity index (χ2n) is 2.86. The van der Waals surface area contributed by atoms with Crippen molar-refractivity contribution in [2.24, 2.45) is 5.92 Å². The molecule has 62 valence electrons. The minimum Gasteiger partial charge on any atom is -0.396 e. The van der Waals surface area contributed by atoms with Gasteiger partial charge in [-0.2, -0.15) is 10.6 Å². The molecule has 1 aliphatic rings. The van der Waals surface area contributed by atoms with E-state index in [1.807, 2.05) is 0 Å². The van der Waals surface area contributed by atoms with E-state index in [1.165, 1.54) is 0 Å². The Morgan fingerprint density at radius 3 is 2.50 bits per heavy atom. The van der Waals surface area contributed by atoms with E-state index in [9.17, 15) is 9.11 Å². The smallest absolute Gasteiger partial charge is 0.0474 e. The Morgan fingerprint density at radius 2 is 2.10 bits per heavy atom. The highest BCUT2D eigenvalue weighted by Gasteiger charge is 2.24. The Balaban J connectivity index is 2.40. The van der Waals surface area contributed by atoms with Crippen molar-refractivity contribution in [2.45, 2.75) is 12.8 Å². The summed E-state index contributed by atoms with van der Waals surface area (Å²) in [5.41, 5.74) is 0. The predicted octanol–water partition coefficient (Wildman–Crippen LogP) is 1.14. The van der Waals surface area contributed by atoms with Crippen molar-refractivity contribution in [1.29, 1.82) is 0 Å². The molecular weight excluding hydrogens is 152 g/mol. The van der Waals surface area contributed by atoms with Gasteiger partial charge in [0.05, 0.1) is 0 Å². The lowest BCUT2D eigenvalue weighted by atomic mass is 10.1. The molecule has 0 aromatic heterocycles. The Kier molecular flexibility index (Phi) is 2.57. The highest BCUT2D eigenvalue weighted by molar-refractivity contribution is 8.24. The fourth-order valence-electron chi connectivity index (χ4n) is 1.29. The van der Waals surface area contributed by atoms with Gasteiger partial charge in [0, 0.05) is 18.1 Å². The maximum Gasteiger partial charge on any atom is 0.0474 e. The van der Waals surface area contributed by atoms with Crippen LogP contribution in [-0.4, -0.2) is 32.3 Å². The normalized spacial score (nSPS) is 35.3. The van der Waals surface area contributed by atoms with Crippen LogP contribution in [-0.2, 0) is 0 Å². The van der Waals surface area contributed by atoms with Crippen molar-refractivity contribution in [1.82, 2.24) is 0 Å². The van der Waals surface area contributed by atoms with E-state index in [-0.39, 0.29) is 12.5 Å². The molecule has 0 bridgehead atoms. The van der Waals surface area contributed by atoms with Crippen LogP contribution in [0.25, 0.3) is 0 Å². The van der Waals surface area contributed by atoms with Gasteiger partial charge in [0.15, 0.2) is 0 Å². The van der Waals surface area contributed by atoms with E-state index in [1.54, 1.807) is 0 Å². The van der Waals surface area contributed by atoms with Crippen molar-refractivity contribution >= 4 is 10.6 Å². The number of hydrogen-bond donors (Lipinski definition) is 3. The topological polar surface area (TPSA) is 60.7 Å². The van der Waals surface area contributed by atoms with Gasteiger partial charge in [-0.05, 0) is 18.8 Å². The Bertz CT molecular complexity index is 116. The number of aliphatic hydroxyl groups excluding tert-OH is 1. The number of hydrogen-bond acceptors (Lipinski definition) is 3. The lowest BCUT2D eigenvalue weighted by Gasteiger charge is -2.39. The molecule has 0 aromatic rings. The van der Waals surface area contributed by atoms with E-state index in [0.29, 0.717) is 11.5 Å². The molecule has 1 rings (SSSR count). The molecular formula is C6H14O3S. The first-order chi connectivity index (χ1) is 4.64. The third-order valence-electron chi connectivity index (χ3n) is 1.84. The van der Waals surface area contributed by atoms with Gasteiger partial charge in [-0.1, -0.05) is 0 Å². The molecule has 3 N–H and O–H groups in total. The Hall–Kier alpha value is 0.230. The summed E-state index contributed by atoms with van der Waals surface area (Å²) in [6.07, 6.45) is 1.78.